The van der Waals surface area contributed by atoms with E-state index in [2.05, 4.69) is 10.6 Å². The van der Waals surface area contributed by atoms with Crippen molar-refractivity contribution in [3.8, 4) is 5.75 Å². The molecule has 0 aromatic heterocycles. The zero-order chi connectivity index (χ0) is 29.4. The second-order valence-corrected chi connectivity index (χ2v) is 11.9. The van der Waals surface area contributed by atoms with Gasteiger partial charge in [0, 0.05) is 24.1 Å². The number of carbonyl (C=O) groups is 3. The maximum Gasteiger partial charge on any atom is 0.408 e. The Labute approximate surface area is 233 Å². The smallest absolute Gasteiger partial charge is 0.408 e. The summed E-state index contributed by atoms with van der Waals surface area (Å²) in [7, 11) is 0. The van der Waals surface area contributed by atoms with Crippen LogP contribution in [0, 0.1) is 6.92 Å². The third-order valence-corrected chi connectivity index (χ3v) is 5.93. The highest BCUT2D eigenvalue weighted by molar-refractivity contribution is 5.93. The van der Waals surface area contributed by atoms with Gasteiger partial charge in [-0.3, -0.25) is 9.59 Å². The van der Waals surface area contributed by atoms with Crippen LogP contribution in [0.3, 0.4) is 0 Å². The largest absolute Gasteiger partial charge is 0.507 e. The van der Waals surface area contributed by atoms with Crippen LogP contribution in [0.2, 0.25) is 0 Å². The summed E-state index contributed by atoms with van der Waals surface area (Å²) in [5, 5.41) is 16.7. The number of hydrogen-bond donors (Lipinski definition) is 3. The molecule has 3 amide bonds. The van der Waals surface area contributed by atoms with E-state index in [0.29, 0.717) is 17.5 Å². The Kier molecular flexibility index (Phi) is 11.0. The number of amides is 3. The quantitative estimate of drug-likeness (QED) is 0.374. The molecule has 2 unspecified atom stereocenters. The molecule has 0 aliphatic rings. The van der Waals surface area contributed by atoms with Crippen molar-refractivity contribution in [1.82, 2.24) is 15.5 Å². The number of nitrogens with one attached hydrogen (secondary N) is 2. The second kappa shape index (κ2) is 13.5. The summed E-state index contributed by atoms with van der Waals surface area (Å²) in [4.78, 5) is 42.4. The van der Waals surface area contributed by atoms with Crippen LogP contribution in [-0.2, 0) is 20.7 Å². The summed E-state index contributed by atoms with van der Waals surface area (Å²) in [6.45, 7) is 14.8. The number of unbranched alkanes of at least 4 members (excludes halogenated alkanes) is 1. The fourth-order valence-electron chi connectivity index (χ4n) is 4.19. The van der Waals surface area contributed by atoms with Gasteiger partial charge in [-0.25, -0.2) is 4.79 Å². The van der Waals surface area contributed by atoms with E-state index in [1.165, 1.54) is 4.90 Å². The number of benzene rings is 2. The number of carbonyl (C=O) groups excluding carboxylic acids is 3. The zero-order valence-corrected chi connectivity index (χ0v) is 24.6. The number of phenolic OH excluding ortho intramolecular Hbond substituents is 1. The van der Waals surface area contributed by atoms with Crippen molar-refractivity contribution >= 4 is 17.9 Å². The normalized spacial score (nSPS) is 13.2. The molecule has 0 aliphatic heterocycles. The number of hydrogen-bond acceptors (Lipinski definition) is 5. The van der Waals surface area contributed by atoms with Crippen molar-refractivity contribution in [2.45, 2.75) is 97.9 Å². The molecule has 39 heavy (non-hydrogen) atoms. The molecule has 0 radical (unpaired) electrons. The van der Waals surface area contributed by atoms with Gasteiger partial charge in [-0.1, -0.05) is 61.9 Å². The molecule has 8 heteroatoms. The Morgan fingerprint density at radius 3 is 2.18 bits per heavy atom. The lowest BCUT2D eigenvalue weighted by Gasteiger charge is -2.36. The highest BCUT2D eigenvalue weighted by Gasteiger charge is 2.38. The van der Waals surface area contributed by atoms with Crippen molar-refractivity contribution in [2.24, 2.45) is 0 Å². The lowest BCUT2D eigenvalue weighted by atomic mass is 9.96. The van der Waals surface area contributed by atoms with Crippen molar-refractivity contribution in [1.29, 1.82) is 0 Å². The van der Waals surface area contributed by atoms with Gasteiger partial charge in [-0.2, -0.15) is 0 Å². The first kappa shape index (κ1) is 31.7. The molecule has 3 N–H and O–H groups in total. The minimum atomic E-state index is -1.11. The van der Waals surface area contributed by atoms with E-state index in [1.807, 2.05) is 58.0 Å². The van der Waals surface area contributed by atoms with E-state index < -0.39 is 41.1 Å². The molecule has 0 bridgehead atoms. The number of ether oxygens (including phenoxy) is 1. The minimum absolute atomic E-state index is 0.0411. The van der Waals surface area contributed by atoms with Gasteiger partial charge in [0.05, 0.1) is 0 Å². The Morgan fingerprint density at radius 1 is 0.974 bits per heavy atom. The Bertz CT molecular complexity index is 1120. The number of aryl methyl sites for hydroxylation is 1. The molecule has 0 fully saturated rings. The van der Waals surface area contributed by atoms with Crippen LogP contribution in [-0.4, -0.2) is 51.6 Å². The van der Waals surface area contributed by atoms with Crippen molar-refractivity contribution in [3.63, 3.8) is 0 Å². The maximum atomic E-state index is 14.3. The van der Waals surface area contributed by atoms with Gasteiger partial charge in [0.2, 0.25) is 11.8 Å². The first-order chi connectivity index (χ1) is 18.1. The van der Waals surface area contributed by atoms with Gasteiger partial charge >= 0.3 is 6.09 Å². The SMILES string of the molecule is CCCCN(C(=O)C(Cc1ccccc1)NC(=O)OC(C)(C)C)C(C(=O)NC(C)(C)C)c1cccc(C)c1O. The van der Waals surface area contributed by atoms with Crippen LogP contribution in [0.5, 0.6) is 5.75 Å². The molecular weight excluding hydrogens is 494 g/mol. The summed E-state index contributed by atoms with van der Waals surface area (Å²) in [5.74, 6) is -0.891. The summed E-state index contributed by atoms with van der Waals surface area (Å²) in [5.41, 5.74) is 0.436. The monoisotopic (exact) mass is 539 g/mol. The second-order valence-electron chi connectivity index (χ2n) is 11.9. The molecule has 2 atom stereocenters. The van der Waals surface area contributed by atoms with Crippen molar-refractivity contribution in [2.75, 3.05) is 6.54 Å². The Hall–Kier alpha value is -3.55. The number of phenols is 1. The highest BCUT2D eigenvalue weighted by Crippen LogP contribution is 2.33. The Morgan fingerprint density at radius 2 is 1.62 bits per heavy atom. The predicted molar refractivity (Wildman–Crippen MR) is 153 cm³/mol. The van der Waals surface area contributed by atoms with Crippen LogP contribution < -0.4 is 10.6 Å². The standard InChI is InChI=1S/C31H45N3O5/c1-9-10-19-34(25(27(36)33-30(3,4)5)23-18-14-15-21(2)26(23)35)28(37)24(20-22-16-12-11-13-17-22)32-29(38)39-31(6,7)8/h11-18,24-25,35H,9-10,19-20H2,1-8H3,(H,32,38)(H,33,36). The summed E-state index contributed by atoms with van der Waals surface area (Å²) < 4.78 is 5.47. The topological polar surface area (TPSA) is 108 Å². The minimum Gasteiger partial charge on any atom is -0.507 e. The molecule has 0 spiro atoms. The van der Waals surface area contributed by atoms with E-state index >= 15 is 0 Å². The van der Waals surface area contributed by atoms with E-state index in [9.17, 15) is 19.5 Å². The van der Waals surface area contributed by atoms with Gasteiger partial charge < -0.3 is 25.4 Å². The predicted octanol–water partition coefficient (Wildman–Crippen LogP) is 5.42. The Balaban J connectivity index is 2.61. The molecule has 0 heterocycles. The molecule has 2 aromatic rings. The molecule has 0 saturated carbocycles. The van der Waals surface area contributed by atoms with Gasteiger partial charge in [-0.05, 0) is 66.0 Å². The van der Waals surface area contributed by atoms with Gasteiger partial charge in [0.1, 0.15) is 23.4 Å². The zero-order valence-electron chi connectivity index (χ0n) is 24.6. The van der Waals surface area contributed by atoms with E-state index in [0.717, 1.165) is 12.0 Å². The van der Waals surface area contributed by atoms with E-state index in [-0.39, 0.29) is 18.7 Å². The molecule has 8 nitrogen and oxygen atoms in total. The molecule has 214 valence electrons. The fourth-order valence-corrected chi connectivity index (χ4v) is 4.19. The van der Waals surface area contributed by atoms with Gasteiger partial charge in [-0.15, -0.1) is 0 Å². The lowest BCUT2D eigenvalue weighted by Crippen LogP contribution is -2.55. The first-order valence-electron chi connectivity index (χ1n) is 13.6. The summed E-state index contributed by atoms with van der Waals surface area (Å²) in [6.07, 6.45) is 0.887. The summed E-state index contributed by atoms with van der Waals surface area (Å²) in [6, 6.07) is 12.4. The van der Waals surface area contributed by atoms with Crippen LogP contribution in [0.15, 0.2) is 48.5 Å². The summed E-state index contributed by atoms with van der Waals surface area (Å²) >= 11 is 0. The molecular formula is C31H45N3O5. The van der Waals surface area contributed by atoms with Crippen LogP contribution >= 0.6 is 0 Å². The van der Waals surface area contributed by atoms with Crippen LogP contribution in [0.1, 0.15) is 84.0 Å². The molecule has 2 aromatic carbocycles. The van der Waals surface area contributed by atoms with Crippen LogP contribution in [0.4, 0.5) is 4.79 Å². The third-order valence-electron chi connectivity index (χ3n) is 5.93. The average molecular weight is 540 g/mol. The molecule has 0 saturated heterocycles. The van der Waals surface area contributed by atoms with Gasteiger partial charge in [0.25, 0.3) is 0 Å². The third kappa shape index (κ3) is 9.93. The maximum absolute atomic E-state index is 14.3. The van der Waals surface area contributed by atoms with E-state index in [1.54, 1.807) is 45.9 Å². The first-order valence-corrected chi connectivity index (χ1v) is 13.6. The number of alkyl carbamates (subject to hydrolysis) is 1. The van der Waals surface area contributed by atoms with Gasteiger partial charge in [0.15, 0.2) is 0 Å². The average Bonchev–Trinajstić information content (AvgIpc) is 2.81. The molecule has 2 rings (SSSR count). The van der Waals surface area contributed by atoms with E-state index in [4.69, 9.17) is 4.74 Å². The molecule has 0 aliphatic carbocycles. The number of para-hydroxylation sites is 1. The van der Waals surface area contributed by atoms with Crippen molar-refractivity contribution < 1.29 is 24.2 Å². The van der Waals surface area contributed by atoms with Crippen LogP contribution in [0.25, 0.3) is 0 Å². The number of nitrogens with zero attached hydrogens (tertiary/aromatic N) is 1. The lowest BCUT2D eigenvalue weighted by molar-refractivity contribution is -0.143. The number of rotatable bonds is 10. The highest BCUT2D eigenvalue weighted by atomic mass is 16.6. The number of aromatic hydroxyl groups is 1. The van der Waals surface area contributed by atoms with Crippen molar-refractivity contribution in [3.05, 3.63) is 65.2 Å². The fraction of sp³-hybridized carbons (Fsp3) is 0.516.